The number of rotatable bonds is 5. The van der Waals surface area contributed by atoms with Crippen LogP contribution in [0.2, 0.25) is 0 Å². The first-order chi connectivity index (χ1) is 9.97. The van der Waals surface area contributed by atoms with E-state index in [4.69, 9.17) is 5.11 Å². The number of aryl methyl sites for hydroxylation is 1. The van der Waals surface area contributed by atoms with Crippen LogP contribution >= 0.6 is 0 Å². The van der Waals surface area contributed by atoms with Crippen LogP contribution in [0, 0.1) is 6.92 Å². The van der Waals surface area contributed by atoms with Crippen molar-refractivity contribution in [3.8, 4) is 0 Å². The van der Waals surface area contributed by atoms with Crippen LogP contribution in [0.4, 0.5) is 5.69 Å². The minimum absolute atomic E-state index is 0.0947. The Balaban J connectivity index is 2.16. The number of carbonyl (C=O) groups excluding carboxylic acids is 1. The van der Waals surface area contributed by atoms with Gasteiger partial charge in [0.1, 0.15) is 5.69 Å². The van der Waals surface area contributed by atoms with Crippen molar-refractivity contribution in [1.82, 2.24) is 4.98 Å². The monoisotopic (exact) mass is 284 g/mol. The fourth-order valence-electron chi connectivity index (χ4n) is 1.93. The zero-order chi connectivity index (χ0) is 15.4. The van der Waals surface area contributed by atoms with Gasteiger partial charge < -0.3 is 10.4 Å². The highest BCUT2D eigenvalue weighted by Gasteiger charge is 2.07. The van der Waals surface area contributed by atoms with Gasteiger partial charge in [0.15, 0.2) is 5.78 Å². The van der Waals surface area contributed by atoms with Gasteiger partial charge in [-0.05, 0) is 42.3 Å². The molecule has 21 heavy (non-hydrogen) atoms. The summed E-state index contributed by atoms with van der Waals surface area (Å²) in [6.07, 6.45) is 1.57. The fourth-order valence-corrected chi connectivity index (χ4v) is 1.93. The van der Waals surface area contributed by atoms with Crippen molar-refractivity contribution in [2.24, 2.45) is 0 Å². The standard InChI is InChI=1S/C16H16N2O3/c1-10-3-4-12(16(20)21)7-13(10)9-18-14-5-6-17-15(8-14)11(2)19/h3-8H,9H2,1-2H3,(H,17,18)(H,20,21). The first kappa shape index (κ1) is 14.7. The normalized spacial score (nSPS) is 10.2. The van der Waals surface area contributed by atoms with Crippen molar-refractivity contribution < 1.29 is 14.7 Å². The van der Waals surface area contributed by atoms with Crippen LogP contribution in [-0.2, 0) is 6.54 Å². The molecule has 0 aliphatic carbocycles. The molecular formula is C16H16N2O3. The van der Waals surface area contributed by atoms with Crippen molar-refractivity contribution in [1.29, 1.82) is 0 Å². The first-order valence-corrected chi connectivity index (χ1v) is 6.51. The lowest BCUT2D eigenvalue weighted by Crippen LogP contribution is -2.05. The van der Waals surface area contributed by atoms with E-state index in [2.05, 4.69) is 10.3 Å². The highest BCUT2D eigenvalue weighted by molar-refractivity contribution is 5.92. The average molecular weight is 284 g/mol. The molecule has 0 amide bonds. The number of hydrogen-bond acceptors (Lipinski definition) is 4. The zero-order valence-corrected chi connectivity index (χ0v) is 11.9. The van der Waals surface area contributed by atoms with Crippen molar-refractivity contribution in [2.45, 2.75) is 20.4 Å². The van der Waals surface area contributed by atoms with Gasteiger partial charge in [0.2, 0.25) is 0 Å². The lowest BCUT2D eigenvalue weighted by atomic mass is 10.0. The second-order valence-electron chi connectivity index (χ2n) is 4.79. The van der Waals surface area contributed by atoms with E-state index in [1.165, 1.54) is 6.92 Å². The van der Waals surface area contributed by atoms with Gasteiger partial charge in [-0.15, -0.1) is 0 Å². The van der Waals surface area contributed by atoms with Crippen LogP contribution in [0.15, 0.2) is 36.5 Å². The molecule has 1 aromatic carbocycles. The SMILES string of the molecule is CC(=O)c1cc(NCc2cc(C(=O)O)ccc2C)ccn1. The Morgan fingerprint density at radius 1 is 1.24 bits per heavy atom. The van der Waals surface area contributed by atoms with Crippen LogP contribution in [0.1, 0.15) is 38.9 Å². The van der Waals surface area contributed by atoms with E-state index in [-0.39, 0.29) is 11.3 Å². The number of hydrogen-bond donors (Lipinski definition) is 2. The summed E-state index contributed by atoms with van der Waals surface area (Å²) in [5.74, 6) is -1.04. The van der Waals surface area contributed by atoms with Gasteiger partial charge >= 0.3 is 5.97 Å². The predicted octanol–water partition coefficient (Wildman–Crippen LogP) is 2.90. The van der Waals surface area contributed by atoms with Gasteiger partial charge in [0.25, 0.3) is 0 Å². The van der Waals surface area contributed by atoms with E-state index in [1.807, 2.05) is 6.92 Å². The first-order valence-electron chi connectivity index (χ1n) is 6.51. The topological polar surface area (TPSA) is 79.3 Å². The molecule has 108 valence electrons. The number of aromatic nitrogens is 1. The molecule has 0 spiro atoms. The lowest BCUT2D eigenvalue weighted by molar-refractivity contribution is 0.0696. The molecule has 0 saturated carbocycles. The Labute approximate surface area is 122 Å². The van der Waals surface area contributed by atoms with Gasteiger partial charge in [0.05, 0.1) is 5.56 Å². The number of pyridine rings is 1. The van der Waals surface area contributed by atoms with Gasteiger partial charge in [0, 0.05) is 25.4 Å². The van der Waals surface area contributed by atoms with Crippen molar-refractivity contribution in [3.05, 3.63) is 58.9 Å². The number of carboxylic acid groups (broad SMARTS) is 1. The lowest BCUT2D eigenvalue weighted by Gasteiger charge is -2.10. The van der Waals surface area contributed by atoms with Crippen LogP contribution in [0.25, 0.3) is 0 Å². The minimum Gasteiger partial charge on any atom is -0.478 e. The Hall–Kier alpha value is -2.69. The van der Waals surface area contributed by atoms with Crippen molar-refractivity contribution >= 4 is 17.4 Å². The average Bonchev–Trinajstić information content (AvgIpc) is 2.46. The quantitative estimate of drug-likeness (QED) is 0.825. The molecule has 2 aromatic rings. The largest absolute Gasteiger partial charge is 0.478 e. The van der Waals surface area contributed by atoms with Crippen LogP contribution in [-0.4, -0.2) is 21.8 Å². The van der Waals surface area contributed by atoms with Gasteiger partial charge in [-0.25, -0.2) is 4.79 Å². The van der Waals surface area contributed by atoms with Gasteiger partial charge in [-0.2, -0.15) is 0 Å². The van der Waals surface area contributed by atoms with Crippen molar-refractivity contribution in [3.63, 3.8) is 0 Å². The van der Waals surface area contributed by atoms with Crippen LogP contribution in [0.3, 0.4) is 0 Å². The maximum atomic E-state index is 11.3. The highest BCUT2D eigenvalue weighted by Crippen LogP contribution is 2.15. The van der Waals surface area contributed by atoms with E-state index in [1.54, 1.807) is 36.5 Å². The molecule has 5 nitrogen and oxygen atoms in total. The highest BCUT2D eigenvalue weighted by atomic mass is 16.4. The predicted molar refractivity (Wildman–Crippen MR) is 79.7 cm³/mol. The van der Waals surface area contributed by atoms with Crippen LogP contribution < -0.4 is 5.32 Å². The third kappa shape index (κ3) is 3.66. The summed E-state index contributed by atoms with van der Waals surface area (Å²) < 4.78 is 0. The molecule has 0 unspecified atom stereocenters. The zero-order valence-electron chi connectivity index (χ0n) is 11.9. The molecule has 0 aliphatic rings. The Bertz CT molecular complexity index is 696. The summed E-state index contributed by atoms with van der Waals surface area (Å²) >= 11 is 0. The molecule has 0 atom stereocenters. The minimum atomic E-state index is -0.945. The van der Waals surface area contributed by atoms with Gasteiger partial charge in [-0.3, -0.25) is 9.78 Å². The van der Waals surface area contributed by atoms with E-state index in [0.717, 1.165) is 16.8 Å². The summed E-state index contributed by atoms with van der Waals surface area (Å²) in [6.45, 7) is 3.87. The number of ketones is 1. The smallest absolute Gasteiger partial charge is 0.335 e. The van der Waals surface area contributed by atoms with E-state index >= 15 is 0 Å². The number of anilines is 1. The second-order valence-corrected chi connectivity index (χ2v) is 4.79. The molecule has 0 fully saturated rings. The molecule has 2 N–H and O–H groups in total. The van der Waals surface area contributed by atoms with Crippen LogP contribution in [0.5, 0.6) is 0 Å². The number of carboxylic acids is 1. The summed E-state index contributed by atoms with van der Waals surface area (Å²) in [6, 6.07) is 8.47. The summed E-state index contributed by atoms with van der Waals surface area (Å²) in [4.78, 5) is 26.3. The van der Waals surface area contributed by atoms with Crippen molar-refractivity contribution in [2.75, 3.05) is 5.32 Å². The molecular weight excluding hydrogens is 268 g/mol. The molecule has 5 heteroatoms. The Morgan fingerprint density at radius 3 is 2.67 bits per heavy atom. The maximum Gasteiger partial charge on any atom is 0.335 e. The molecule has 0 saturated heterocycles. The molecule has 0 aliphatic heterocycles. The fraction of sp³-hybridized carbons (Fsp3) is 0.188. The number of carbonyl (C=O) groups is 2. The number of nitrogens with zero attached hydrogens (tertiary/aromatic N) is 1. The molecule has 0 radical (unpaired) electrons. The Kier molecular flexibility index (Phi) is 4.33. The summed E-state index contributed by atoms with van der Waals surface area (Å²) in [5, 5.41) is 12.2. The number of benzene rings is 1. The number of aromatic carboxylic acids is 1. The number of nitrogens with one attached hydrogen (secondary N) is 1. The molecule has 2 rings (SSSR count). The van der Waals surface area contributed by atoms with Gasteiger partial charge in [-0.1, -0.05) is 6.07 Å². The second kappa shape index (κ2) is 6.17. The summed E-state index contributed by atoms with van der Waals surface area (Å²) in [5.41, 5.74) is 3.34. The number of Topliss-reactive ketones (excluding diaryl/α,β-unsaturated/α-hetero) is 1. The van der Waals surface area contributed by atoms with E-state index in [9.17, 15) is 9.59 Å². The third-order valence-electron chi connectivity index (χ3n) is 3.20. The maximum absolute atomic E-state index is 11.3. The van der Waals surface area contributed by atoms with E-state index in [0.29, 0.717) is 12.2 Å². The van der Waals surface area contributed by atoms with E-state index < -0.39 is 5.97 Å². The molecule has 0 bridgehead atoms. The Morgan fingerprint density at radius 2 is 2.00 bits per heavy atom. The molecule has 1 aromatic heterocycles. The molecule has 1 heterocycles. The summed E-state index contributed by atoms with van der Waals surface area (Å²) in [7, 11) is 0. The third-order valence-corrected chi connectivity index (χ3v) is 3.20.